The van der Waals surface area contributed by atoms with Gasteiger partial charge < -0.3 is 15.2 Å². The molecular formula is C17H19F2NO3. The van der Waals surface area contributed by atoms with Gasteiger partial charge in [0, 0.05) is 6.54 Å². The maximum atomic E-state index is 12.6. The number of carbonyl (C=O) groups excluding carboxylic acids is 1. The number of aliphatic hydroxyl groups excluding tert-OH is 1. The van der Waals surface area contributed by atoms with Gasteiger partial charge in [0.1, 0.15) is 5.75 Å². The summed E-state index contributed by atoms with van der Waals surface area (Å²) in [5.41, 5.74) is 0.0509. The normalized spacial score (nSPS) is 12.4. The van der Waals surface area contributed by atoms with Crippen molar-refractivity contribution in [1.29, 1.82) is 0 Å². The second-order valence-corrected chi connectivity index (χ2v) is 5.18. The van der Waals surface area contributed by atoms with Gasteiger partial charge in [-0.3, -0.25) is 4.79 Å². The highest BCUT2D eigenvalue weighted by atomic mass is 19.3. The molecule has 124 valence electrons. The minimum absolute atomic E-state index is 0.0509. The van der Waals surface area contributed by atoms with E-state index in [4.69, 9.17) is 0 Å². The van der Waals surface area contributed by atoms with E-state index in [1.807, 2.05) is 6.92 Å². The molecule has 4 nitrogen and oxygen atoms in total. The molecule has 0 fully saturated rings. The molecule has 0 heterocycles. The molecule has 1 unspecified atom stereocenters. The fourth-order valence-corrected chi connectivity index (χ4v) is 2.24. The molecular weight excluding hydrogens is 304 g/mol. The lowest BCUT2D eigenvalue weighted by Gasteiger charge is -2.13. The molecule has 2 aromatic carbocycles. The van der Waals surface area contributed by atoms with Crippen LogP contribution in [0.1, 0.15) is 30.1 Å². The maximum Gasteiger partial charge on any atom is 0.387 e. The van der Waals surface area contributed by atoms with Crippen LogP contribution in [0, 0.1) is 0 Å². The Bertz CT molecular complexity index is 676. The molecule has 0 aliphatic carbocycles. The smallest absolute Gasteiger partial charge is 0.387 e. The zero-order valence-electron chi connectivity index (χ0n) is 12.8. The van der Waals surface area contributed by atoms with E-state index in [1.165, 1.54) is 12.1 Å². The van der Waals surface area contributed by atoms with Gasteiger partial charge in [-0.05, 0) is 35.7 Å². The molecule has 1 atom stereocenters. The minimum atomic E-state index is -3.01. The second-order valence-electron chi connectivity index (χ2n) is 5.18. The number of hydrogen-bond donors (Lipinski definition) is 2. The molecule has 2 N–H and O–H groups in total. The third kappa shape index (κ3) is 4.63. The first-order chi connectivity index (χ1) is 11.0. The Morgan fingerprint density at radius 2 is 1.91 bits per heavy atom. The fourth-order valence-electron chi connectivity index (χ4n) is 2.24. The number of fused-ring (bicyclic) bond motifs is 1. The van der Waals surface area contributed by atoms with Crippen molar-refractivity contribution in [3.05, 3.63) is 42.0 Å². The van der Waals surface area contributed by atoms with Crippen LogP contribution in [-0.4, -0.2) is 30.3 Å². The standard InChI is InChI=1S/C17H19F2NO3/c1-2-13(21)7-8-20-16(22)14-9-11-5-3-4-6-12(11)10-15(14)23-17(18)19/h3-6,9-10,13,17,21H,2,7-8H2,1H3,(H,20,22). The Kier molecular flexibility index (Phi) is 5.87. The van der Waals surface area contributed by atoms with E-state index in [1.54, 1.807) is 24.3 Å². The zero-order chi connectivity index (χ0) is 16.8. The quantitative estimate of drug-likeness (QED) is 0.822. The van der Waals surface area contributed by atoms with Crippen LogP contribution in [0.5, 0.6) is 5.75 Å². The van der Waals surface area contributed by atoms with E-state index < -0.39 is 18.6 Å². The van der Waals surface area contributed by atoms with Gasteiger partial charge in [-0.15, -0.1) is 0 Å². The molecule has 23 heavy (non-hydrogen) atoms. The van der Waals surface area contributed by atoms with Gasteiger partial charge in [0.15, 0.2) is 0 Å². The van der Waals surface area contributed by atoms with Gasteiger partial charge in [-0.25, -0.2) is 0 Å². The largest absolute Gasteiger partial charge is 0.434 e. The molecule has 1 amide bonds. The molecule has 0 aliphatic heterocycles. The lowest BCUT2D eigenvalue weighted by atomic mass is 10.1. The van der Waals surface area contributed by atoms with Gasteiger partial charge in [-0.1, -0.05) is 31.2 Å². The van der Waals surface area contributed by atoms with E-state index >= 15 is 0 Å². The summed E-state index contributed by atoms with van der Waals surface area (Å²) < 4.78 is 29.6. The summed E-state index contributed by atoms with van der Waals surface area (Å²) in [5, 5.41) is 13.6. The van der Waals surface area contributed by atoms with Crippen LogP contribution >= 0.6 is 0 Å². The summed E-state index contributed by atoms with van der Waals surface area (Å²) in [6, 6.07) is 10.1. The predicted octanol–water partition coefficient (Wildman–Crippen LogP) is 3.33. The fraction of sp³-hybridized carbons (Fsp3) is 0.353. The highest BCUT2D eigenvalue weighted by Gasteiger charge is 2.17. The van der Waals surface area contributed by atoms with Gasteiger partial charge in [0.25, 0.3) is 5.91 Å². The highest BCUT2D eigenvalue weighted by molar-refractivity contribution is 6.01. The highest BCUT2D eigenvalue weighted by Crippen LogP contribution is 2.27. The van der Waals surface area contributed by atoms with Crippen molar-refractivity contribution in [3.63, 3.8) is 0 Å². The summed E-state index contributed by atoms with van der Waals surface area (Å²) in [5.74, 6) is -0.665. The number of amides is 1. The SMILES string of the molecule is CCC(O)CCNC(=O)c1cc2ccccc2cc1OC(F)F. The first kappa shape index (κ1) is 17.1. The van der Waals surface area contributed by atoms with Crippen molar-refractivity contribution < 1.29 is 23.4 Å². The molecule has 0 radical (unpaired) electrons. The number of aliphatic hydroxyl groups is 1. The van der Waals surface area contributed by atoms with Gasteiger partial charge >= 0.3 is 6.61 Å². The number of rotatable bonds is 7. The Labute approximate surface area is 133 Å². The first-order valence-corrected chi connectivity index (χ1v) is 7.45. The van der Waals surface area contributed by atoms with Crippen molar-refractivity contribution in [2.45, 2.75) is 32.5 Å². The molecule has 0 bridgehead atoms. The summed E-state index contributed by atoms with van der Waals surface area (Å²) in [7, 11) is 0. The van der Waals surface area contributed by atoms with Crippen LogP contribution < -0.4 is 10.1 Å². The van der Waals surface area contributed by atoms with Crippen LogP contribution in [-0.2, 0) is 0 Å². The van der Waals surface area contributed by atoms with E-state index in [9.17, 15) is 18.7 Å². The molecule has 0 aromatic heterocycles. The monoisotopic (exact) mass is 323 g/mol. The van der Waals surface area contributed by atoms with Crippen molar-refractivity contribution in [1.82, 2.24) is 5.32 Å². The van der Waals surface area contributed by atoms with Gasteiger partial charge in [0.05, 0.1) is 11.7 Å². The van der Waals surface area contributed by atoms with Crippen molar-refractivity contribution in [2.75, 3.05) is 6.54 Å². The lowest BCUT2D eigenvalue weighted by molar-refractivity contribution is -0.0500. The number of carbonyl (C=O) groups is 1. The topological polar surface area (TPSA) is 58.6 Å². The zero-order valence-corrected chi connectivity index (χ0v) is 12.8. The first-order valence-electron chi connectivity index (χ1n) is 7.45. The molecule has 0 aliphatic rings. The van der Waals surface area contributed by atoms with E-state index in [-0.39, 0.29) is 17.9 Å². The minimum Gasteiger partial charge on any atom is -0.434 e. The van der Waals surface area contributed by atoms with Crippen LogP contribution in [0.2, 0.25) is 0 Å². The maximum absolute atomic E-state index is 12.6. The number of nitrogens with one attached hydrogen (secondary N) is 1. The van der Waals surface area contributed by atoms with Gasteiger partial charge in [-0.2, -0.15) is 8.78 Å². The summed E-state index contributed by atoms with van der Waals surface area (Å²) in [4.78, 5) is 12.2. The predicted molar refractivity (Wildman–Crippen MR) is 83.8 cm³/mol. The van der Waals surface area contributed by atoms with E-state index in [0.29, 0.717) is 18.2 Å². The molecule has 0 saturated carbocycles. The van der Waals surface area contributed by atoms with Crippen molar-refractivity contribution in [2.24, 2.45) is 0 Å². The second kappa shape index (κ2) is 7.87. The van der Waals surface area contributed by atoms with Crippen LogP contribution in [0.25, 0.3) is 10.8 Å². The van der Waals surface area contributed by atoms with E-state index in [2.05, 4.69) is 10.1 Å². The summed E-state index contributed by atoms with van der Waals surface area (Å²) in [6.45, 7) is -0.913. The Morgan fingerprint density at radius 1 is 1.26 bits per heavy atom. The third-order valence-corrected chi connectivity index (χ3v) is 3.54. The van der Waals surface area contributed by atoms with Crippen LogP contribution in [0.3, 0.4) is 0 Å². The van der Waals surface area contributed by atoms with Crippen molar-refractivity contribution >= 4 is 16.7 Å². The van der Waals surface area contributed by atoms with Gasteiger partial charge in [0.2, 0.25) is 0 Å². The molecule has 2 rings (SSSR count). The summed E-state index contributed by atoms with van der Waals surface area (Å²) >= 11 is 0. The molecule has 0 saturated heterocycles. The Balaban J connectivity index is 2.23. The van der Waals surface area contributed by atoms with E-state index in [0.717, 1.165) is 5.39 Å². The molecule has 0 spiro atoms. The number of benzene rings is 2. The number of ether oxygens (including phenoxy) is 1. The lowest BCUT2D eigenvalue weighted by Crippen LogP contribution is -2.27. The van der Waals surface area contributed by atoms with Crippen LogP contribution in [0.4, 0.5) is 8.78 Å². The number of hydrogen-bond acceptors (Lipinski definition) is 3. The Morgan fingerprint density at radius 3 is 2.52 bits per heavy atom. The van der Waals surface area contributed by atoms with Crippen LogP contribution in [0.15, 0.2) is 36.4 Å². The molecule has 2 aromatic rings. The molecule has 6 heteroatoms. The summed E-state index contributed by atoms with van der Waals surface area (Å²) in [6.07, 6.45) is 0.496. The third-order valence-electron chi connectivity index (χ3n) is 3.54. The number of halogens is 2. The number of alkyl halides is 2. The average molecular weight is 323 g/mol. The average Bonchev–Trinajstić information content (AvgIpc) is 2.53. The Hall–Kier alpha value is -2.21. The van der Waals surface area contributed by atoms with Crippen molar-refractivity contribution in [3.8, 4) is 5.75 Å².